The second-order valence-corrected chi connectivity index (χ2v) is 10.5. The Labute approximate surface area is 186 Å². The van der Waals surface area contributed by atoms with Crippen molar-refractivity contribution < 1.29 is 23.6 Å². The van der Waals surface area contributed by atoms with Crippen LogP contribution in [0.3, 0.4) is 0 Å². The van der Waals surface area contributed by atoms with E-state index in [0.29, 0.717) is 12.1 Å². The van der Waals surface area contributed by atoms with Crippen LogP contribution >= 0.6 is 0 Å². The van der Waals surface area contributed by atoms with Gasteiger partial charge in [-0.15, -0.1) is 0 Å². The van der Waals surface area contributed by atoms with Crippen molar-refractivity contribution in [3.05, 3.63) is 24.3 Å². The summed E-state index contributed by atoms with van der Waals surface area (Å²) < 4.78 is 17.4. The second kappa shape index (κ2) is 9.21. The summed E-state index contributed by atoms with van der Waals surface area (Å²) in [4.78, 5) is 25.0. The molecular formula is C23H37BN2O5. The summed E-state index contributed by atoms with van der Waals surface area (Å²) in [6, 6.07) is 6.65. The zero-order valence-electron chi connectivity index (χ0n) is 20.3. The number of alkyl carbamates (subject to hydrolysis) is 1. The van der Waals surface area contributed by atoms with E-state index in [1.807, 2.05) is 53.7 Å². The number of hydrogen-bond donors (Lipinski definition) is 2. The number of rotatable bonds is 6. The molecule has 1 atom stereocenters. The van der Waals surface area contributed by atoms with E-state index >= 15 is 0 Å². The van der Waals surface area contributed by atoms with E-state index in [1.54, 1.807) is 32.9 Å². The molecule has 1 aliphatic rings. The summed E-state index contributed by atoms with van der Waals surface area (Å²) in [5.41, 5.74) is 0.0446. The van der Waals surface area contributed by atoms with Crippen molar-refractivity contribution in [1.29, 1.82) is 0 Å². The van der Waals surface area contributed by atoms with Gasteiger partial charge in [-0.25, -0.2) is 4.79 Å². The highest BCUT2D eigenvalue weighted by molar-refractivity contribution is 6.62. The number of hydrogen-bond acceptors (Lipinski definition) is 5. The molecule has 2 rings (SSSR count). The standard InChI is InChI=1S/C23H37BN2O5/c1-15(2)14-18(26-20(28)29-21(3,4)5)19(27)25-17-12-10-16(11-13-17)24-30-22(6,7)23(8,9)31-24/h10-13,15,18H,14H2,1-9H3,(H,25,27)(H,26,28)/t18-/m1/s1. The summed E-state index contributed by atoms with van der Waals surface area (Å²) in [6.07, 6.45) is -0.110. The minimum Gasteiger partial charge on any atom is -0.444 e. The number of carbonyl (C=O) groups excluding carboxylic acids is 2. The Morgan fingerprint density at radius 2 is 1.55 bits per heavy atom. The van der Waals surface area contributed by atoms with Gasteiger partial charge >= 0.3 is 13.2 Å². The van der Waals surface area contributed by atoms with Crippen molar-refractivity contribution in [2.24, 2.45) is 5.92 Å². The Morgan fingerprint density at radius 1 is 1.03 bits per heavy atom. The largest absolute Gasteiger partial charge is 0.494 e. The van der Waals surface area contributed by atoms with E-state index in [9.17, 15) is 9.59 Å². The van der Waals surface area contributed by atoms with E-state index in [1.165, 1.54) is 0 Å². The van der Waals surface area contributed by atoms with Gasteiger partial charge in [0.15, 0.2) is 0 Å². The molecule has 7 nitrogen and oxygen atoms in total. The number of carbonyl (C=O) groups is 2. The quantitative estimate of drug-likeness (QED) is 0.667. The van der Waals surface area contributed by atoms with Gasteiger partial charge < -0.3 is 24.7 Å². The highest BCUT2D eigenvalue weighted by atomic mass is 16.7. The van der Waals surface area contributed by atoms with E-state index in [2.05, 4.69) is 10.6 Å². The fourth-order valence-corrected chi connectivity index (χ4v) is 3.08. The maximum absolute atomic E-state index is 12.8. The Kier molecular flexibility index (Phi) is 7.49. The average molecular weight is 432 g/mol. The molecule has 0 aliphatic carbocycles. The van der Waals surface area contributed by atoms with Gasteiger partial charge in [0.25, 0.3) is 0 Å². The van der Waals surface area contributed by atoms with Crippen LogP contribution < -0.4 is 16.1 Å². The molecular weight excluding hydrogens is 395 g/mol. The van der Waals surface area contributed by atoms with Crippen molar-refractivity contribution in [2.75, 3.05) is 5.32 Å². The van der Waals surface area contributed by atoms with Gasteiger partial charge in [0.05, 0.1) is 11.2 Å². The van der Waals surface area contributed by atoms with Crippen LogP contribution in [0.25, 0.3) is 0 Å². The van der Waals surface area contributed by atoms with E-state index < -0.39 is 36.1 Å². The lowest BCUT2D eigenvalue weighted by Gasteiger charge is -2.32. The number of anilines is 1. The molecule has 1 aromatic rings. The van der Waals surface area contributed by atoms with Crippen molar-refractivity contribution in [2.45, 2.75) is 91.6 Å². The van der Waals surface area contributed by atoms with E-state index in [0.717, 1.165) is 5.46 Å². The second-order valence-electron chi connectivity index (χ2n) is 10.5. The summed E-state index contributed by atoms with van der Waals surface area (Å²) in [5, 5.41) is 5.56. The number of benzene rings is 1. The Balaban J connectivity index is 2.04. The molecule has 0 bridgehead atoms. The van der Waals surface area contributed by atoms with Gasteiger partial charge in [0, 0.05) is 5.69 Å². The van der Waals surface area contributed by atoms with Crippen LogP contribution in [0.1, 0.15) is 68.7 Å². The summed E-state index contributed by atoms with van der Waals surface area (Å²) >= 11 is 0. The maximum atomic E-state index is 12.8. The normalized spacial score (nSPS) is 18.6. The molecule has 1 fully saturated rings. The minimum absolute atomic E-state index is 0.219. The maximum Gasteiger partial charge on any atom is 0.494 e. The number of ether oxygens (including phenoxy) is 1. The summed E-state index contributed by atoms with van der Waals surface area (Å²) in [6.45, 7) is 17.4. The Hall–Kier alpha value is -2.06. The van der Waals surface area contributed by atoms with Crippen LogP contribution in [0.5, 0.6) is 0 Å². The van der Waals surface area contributed by atoms with Crippen LogP contribution in [0.4, 0.5) is 10.5 Å². The summed E-state index contributed by atoms with van der Waals surface area (Å²) in [7, 11) is -0.461. The molecule has 31 heavy (non-hydrogen) atoms. The molecule has 1 aromatic carbocycles. The molecule has 0 saturated carbocycles. The highest BCUT2D eigenvalue weighted by Gasteiger charge is 2.51. The third kappa shape index (κ3) is 6.97. The third-order valence-corrected chi connectivity index (χ3v) is 5.42. The average Bonchev–Trinajstić information content (AvgIpc) is 2.80. The predicted octanol–water partition coefficient (Wildman–Crippen LogP) is 3.86. The van der Waals surface area contributed by atoms with Gasteiger partial charge in [0.1, 0.15) is 11.6 Å². The van der Waals surface area contributed by atoms with E-state index in [4.69, 9.17) is 14.0 Å². The predicted molar refractivity (Wildman–Crippen MR) is 123 cm³/mol. The molecule has 0 spiro atoms. The number of nitrogens with one attached hydrogen (secondary N) is 2. The zero-order valence-corrected chi connectivity index (χ0v) is 20.3. The molecule has 172 valence electrons. The van der Waals surface area contributed by atoms with Crippen molar-refractivity contribution in [1.82, 2.24) is 5.32 Å². The zero-order chi connectivity index (χ0) is 23.6. The van der Waals surface area contributed by atoms with Crippen LogP contribution in [0, 0.1) is 5.92 Å². The molecule has 0 radical (unpaired) electrons. The van der Waals surface area contributed by atoms with Gasteiger partial charge in [-0.05, 0) is 78.4 Å². The molecule has 1 heterocycles. The first-order chi connectivity index (χ1) is 14.1. The van der Waals surface area contributed by atoms with Crippen LogP contribution in [0.15, 0.2) is 24.3 Å². The monoisotopic (exact) mass is 432 g/mol. The van der Waals surface area contributed by atoms with Gasteiger partial charge in [-0.3, -0.25) is 4.79 Å². The van der Waals surface area contributed by atoms with Gasteiger partial charge in [-0.1, -0.05) is 26.0 Å². The third-order valence-electron chi connectivity index (χ3n) is 5.42. The topological polar surface area (TPSA) is 85.9 Å². The molecule has 2 amide bonds. The van der Waals surface area contributed by atoms with Crippen molar-refractivity contribution in [3.8, 4) is 0 Å². The lowest BCUT2D eigenvalue weighted by Crippen LogP contribution is -2.46. The van der Waals surface area contributed by atoms with Gasteiger partial charge in [-0.2, -0.15) is 0 Å². The fourth-order valence-electron chi connectivity index (χ4n) is 3.08. The molecule has 2 N–H and O–H groups in total. The highest BCUT2D eigenvalue weighted by Crippen LogP contribution is 2.36. The lowest BCUT2D eigenvalue weighted by molar-refractivity contribution is -0.118. The first-order valence-electron chi connectivity index (χ1n) is 10.9. The van der Waals surface area contributed by atoms with Crippen LogP contribution in [-0.4, -0.2) is 42.0 Å². The molecule has 0 aromatic heterocycles. The molecule has 0 unspecified atom stereocenters. The Morgan fingerprint density at radius 3 is 2.00 bits per heavy atom. The first-order valence-corrected chi connectivity index (χ1v) is 10.9. The minimum atomic E-state index is -0.697. The molecule has 1 aliphatic heterocycles. The smallest absolute Gasteiger partial charge is 0.444 e. The lowest BCUT2D eigenvalue weighted by atomic mass is 9.79. The van der Waals surface area contributed by atoms with Crippen molar-refractivity contribution in [3.63, 3.8) is 0 Å². The SMILES string of the molecule is CC(C)C[C@@H](NC(=O)OC(C)(C)C)C(=O)Nc1ccc(B2OC(C)(C)C(C)(C)O2)cc1. The molecule has 1 saturated heterocycles. The van der Waals surface area contributed by atoms with E-state index in [-0.39, 0.29) is 11.8 Å². The summed E-state index contributed by atoms with van der Waals surface area (Å²) in [5.74, 6) is -0.0700. The van der Waals surface area contributed by atoms with Gasteiger partial charge in [0.2, 0.25) is 5.91 Å². The van der Waals surface area contributed by atoms with Crippen LogP contribution in [-0.2, 0) is 18.8 Å². The van der Waals surface area contributed by atoms with Crippen molar-refractivity contribution >= 4 is 30.3 Å². The molecule has 8 heteroatoms. The first kappa shape index (κ1) is 25.2. The van der Waals surface area contributed by atoms with Crippen LogP contribution in [0.2, 0.25) is 0 Å². The Bertz CT molecular complexity index is 768. The fraction of sp³-hybridized carbons (Fsp3) is 0.652. The number of amides is 2.